The van der Waals surface area contributed by atoms with Crippen molar-refractivity contribution in [2.24, 2.45) is 0 Å². The number of aromatic nitrogens is 1. The molecule has 2 rings (SSSR count). The molecule has 4 nitrogen and oxygen atoms in total. The maximum absolute atomic E-state index is 5.24. The molecule has 1 aliphatic rings. The predicted octanol–water partition coefficient (Wildman–Crippen LogP) is 2.19. The highest BCUT2D eigenvalue weighted by atomic mass is 16.5. The van der Waals surface area contributed by atoms with Gasteiger partial charge in [0.2, 0.25) is 0 Å². The van der Waals surface area contributed by atoms with Crippen molar-refractivity contribution in [1.29, 1.82) is 0 Å². The van der Waals surface area contributed by atoms with Crippen LogP contribution in [-0.2, 0) is 11.3 Å². The van der Waals surface area contributed by atoms with Crippen molar-refractivity contribution < 1.29 is 4.74 Å². The summed E-state index contributed by atoms with van der Waals surface area (Å²) in [6, 6.07) is 3.31. The zero-order valence-electron chi connectivity index (χ0n) is 12.2. The van der Waals surface area contributed by atoms with Gasteiger partial charge in [-0.3, -0.25) is 4.98 Å². The van der Waals surface area contributed by atoms with Gasteiger partial charge in [-0.15, -0.1) is 0 Å². The Labute approximate surface area is 116 Å². The van der Waals surface area contributed by atoms with E-state index in [0.717, 1.165) is 19.7 Å². The van der Waals surface area contributed by atoms with Gasteiger partial charge in [-0.1, -0.05) is 13.8 Å². The van der Waals surface area contributed by atoms with Crippen LogP contribution < -0.4 is 10.2 Å². The lowest BCUT2D eigenvalue weighted by molar-refractivity contribution is 0.205. The Morgan fingerprint density at radius 3 is 2.89 bits per heavy atom. The first-order valence-corrected chi connectivity index (χ1v) is 7.14. The summed E-state index contributed by atoms with van der Waals surface area (Å²) < 4.78 is 5.24. The first-order valence-electron chi connectivity index (χ1n) is 7.14. The predicted molar refractivity (Wildman–Crippen MR) is 78.5 cm³/mol. The third-order valence-corrected chi connectivity index (χ3v) is 3.41. The summed E-state index contributed by atoms with van der Waals surface area (Å²) in [5.74, 6) is 0. The normalized spacial score (nSPS) is 14.9. The van der Waals surface area contributed by atoms with Crippen LogP contribution in [0.4, 0.5) is 5.69 Å². The second kappa shape index (κ2) is 6.87. The summed E-state index contributed by atoms with van der Waals surface area (Å²) in [5, 5.41) is 3.47. The molecule has 0 unspecified atom stereocenters. The van der Waals surface area contributed by atoms with Gasteiger partial charge in [0, 0.05) is 55.9 Å². The van der Waals surface area contributed by atoms with E-state index in [1.54, 1.807) is 7.11 Å². The molecule has 1 heterocycles. The fraction of sp³-hybridized carbons (Fsp3) is 0.667. The molecule has 1 aromatic rings. The van der Waals surface area contributed by atoms with Crippen LogP contribution in [0.15, 0.2) is 18.5 Å². The molecule has 0 spiro atoms. The Bertz CT molecular complexity index is 391. The molecule has 1 aliphatic carbocycles. The molecule has 4 heteroatoms. The second-order valence-electron chi connectivity index (χ2n) is 5.46. The number of ether oxygens (including phenoxy) is 1. The average Bonchev–Trinajstić information content (AvgIpc) is 3.22. The van der Waals surface area contributed by atoms with Gasteiger partial charge in [0.05, 0.1) is 6.61 Å². The molecule has 0 bridgehead atoms. The molecule has 106 valence electrons. The Hall–Kier alpha value is -1.13. The summed E-state index contributed by atoms with van der Waals surface area (Å²) >= 11 is 0. The van der Waals surface area contributed by atoms with E-state index in [9.17, 15) is 0 Å². The van der Waals surface area contributed by atoms with E-state index < -0.39 is 0 Å². The van der Waals surface area contributed by atoms with E-state index in [1.165, 1.54) is 24.1 Å². The van der Waals surface area contributed by atoms with Gasteiger partial charge in [-0.25, -0.2) is 0 Å². The molecule has 1 N–H and O–H groups in total. The number of anilines is 1. The summed E-state index contributed by atoms with van der Waals surface area (Å²) in [6.45, 7) is 6.94. The number of hydrogen-bond donors (Lipinski definition) is 1. The maximum Gasteiger partial charge on any atom is 0.0637 e. The monoisotopic (exact) mass is 263 g/mol. The molecular weight excluding hydrogens is 238 g/mol. The Kier molecular flexibility index (Phi) is 5.16. The lowest BCUT2D eigenvalue weighted by Gasteiger charge is -2.27. The molecule has 0 radical (unpaired) electrons. The highest BCUT2D eigenvalue weighted by Crippen LogP contribution is 2.33. The highest BCUT2D eigenvalue weighted by molar-refractivity contribution is 5.54. The molecule has 0 atom stereocenters. The molecule has 1 aromatic heterocycles. The van der Waals surface area contributed by atoms with Crippen LogP contribution in [-0.4, -0.2) is 37.3 Å². The zero-order chi connectivity index (χ0) is 13.7. The summed E-state index contributed by atoms with van der Waals surface area (Å²) in [5.41, 5.74) is 2.59. The molecule has 0 amide bonds. The van der Waals surface area contributed by atoms with Gasteiger partial charge in [0.25, 0.3) is 0 Å². The standard InChI is InChI=1S/C15H25N3O/c1-12(2)17-11-13-10-16-7-6-15(13)18(8-9-19-3)14-4-5-14/h6-7,10,12,14,17H,4-5,8-9,11H2,1-3H3. The summed E-state index contributed by atoms with van der Waals surface area (Å²) in [6.07, 6.45) is 6.45. The van der Waals surface area contributed by atoms with Crippen LogP contribution in [0, 0.1) is 0 Å². The lowest BCUT2D eigenvalue weighted by Crippen LogP contribution is -2.31. The van der Waals surface area contributed by atoms with Crippen LogP contribution in [0.2, 0.25) is 0 Å². The first-order chi connectivity index (χ1) is 9.22. The van der Waals surface area contributed by atoms with Crippen molar-refractivity contribution in [3.63, 3.8) is 0 Å². The molecule has 1 saturated carbocycles. The van der Waals surface area contributed by atoms with Crippen molar-refractivity contribution in [3.05, 3.63) is 24.0 Å². The topological polar surface area (TPSA) is 37.4 Å². The van der Waals surface area contributed by atoms with Gasteiger partial charge in [-0.2, -0.15) is 0 Å². The minimum absolute atomic E-state index is 0.487. The maximum atomic E-state index is 5.24. The van der Waals surface area contributed by atoms with E-state index in [-0.39, 0.29) is 0 Å². The smallest absolute Gasteiger partial charge is 0.0637 e. The number of pyridine rings is 1. The van der Waals surface area contributed by atoms with Crippen LogP contribution >= 0.6 is 0 Å². The molecule has 0 aliphatic heterocycles. The highest BCUT2D eigenvalue weighted by Gasteiger charge is 2.30. The zero-order valence-corrected chi connectivity index (χ0v) is 12.2. The van der Waals surface area contributed by atoms with E-state index >= 15 is 0 Å². The van der Waals surface area contributed by atoms with E-state index in [4.69, 9.17) is 4.74 Å². The van der Waals surface area contributed by atoms with E-state index in [1.807, 2.05) is 12.4 Å². The number of nitrogens with one attached hydrogen (secondary N) is 1. The second-order valence-corrected chi connectivity index (χ2v) is 5.46. The van der Waals surface area contributed by atoms with Crippen molar-refractivity contribution in [2.75, 3.05) is 25.2 Å². The van der Waals surface area contributed by atoms with Crippen molar-refractivity contribution in [3.8, 4) is 0 Å². The van der Waals surface area contributed by atoms with Crippen molar-refractivity contribution in [2.45, 2.75) is 45.3 Å². The molecule has 0 saturated heterocycles. The minimum Gasteiger partial charge on any atom is -0.383 e. The Morgan fingerprint density at radius 2 is 2.26 bits per heavy atom. The molecule has 19 heavy (non-hydrogen) atoms. The summed E-state index contributed by atoms with van der Waals surface area (Å²) in [4.78, 5) is 6.74. The number of hydrogen-bond acceptors (Lipinski definition) is 4. The SMILES string of the molecule is COCCN(c1ccncc1CNC(C)C)C1CC1. The Morgan fingerprint density at radius 1 is 1.47 bits per heavy atom. The number of nitrogens with zero attached hydrogens (tertiary/aromatic N) is 2. The van der Waals surface area contributed by atoms with Gasteiger partial charge < -0.3 is 15.0 Å². The van der Waals surface area contributed by atoms with Gasteiger partial charge in [-0.05, 0) is 18.9 Å². The molecule has 0 aromatic carbocycles. The van der Waals surface area contributed by atoms with Crippen molar-refractivity contribution in [1.82, 2.24) is 10.3 Å². The minimum atomic E-state index is 0.487. The lowest BCUT2D eigenvalue weighted by atomic mass is 10.2. The quantitative estimate of drug-likeness (QED) is 0.780. The van der Waals surface area contributed by atoms with Crippen molar-refractivity contribution >= 4 is 5.69 Å². The Balaban J connectivity index is 2.11. The third kappa shape index (κ3) is 4.18. The van der Waals surface area contributed by atoms with Gasteiger partial charge in [0.1, 0.15) is 0 Å². The van der Waals surface area contributed by atoms with E-state index in [2.05, 4.69) is 35.1 Å². The largest absolute Gasteiger partial charge is 0.383 e. The fourth-order valence-electron chi connectivity index (χ4n) is 2.23. The van der Waals surface area contributed by atoms with Gasteiger partial charge >= 0.3 is 0 Å². The number of rotatable bonds is 8. The van der Waals surface area contributed by atoms with Crippen LogP contribution in [0.5, 0.6) is 0 Å². The van der Waals surface area contributed by atoms with Gasteiger partial charge in [0.15, 0.2) is 0 Å². The van der Waals surface area contributed by atoms with Crippen LogP contribution in [0.25, 0.3) is 0 Å². The first kappa shape index (κ1) is 14.3. The van der Waals surface area contributed by atoms with E-state index in [0.29, 0.717) is 12.1 Å². The van der Waals surface area contributed by atoms with Crippen LogP contribution in [0.1, 0.15) is 32.3 Å². The van der Waals surface area contributed by atoms with Crippen LogP contribution in [0.3, 0.4) is 0 Å². The molecular formula is C15H25N3O. The molecule has 1 fully saturated rings. The summed E-state index contributed by atoms with van der Waals surface area (Å²) in [7, 11) is 1.76. The third-order valence-electron chi connectivity index (χ3n) is 3.41. The number of methoxy groups -OCH3 is 1. The average molecular weight is 263 g/mol. The fourth-order valence-corrected chi connectivity index (χ4v) is 2.23.